The number of rotatable bonds is 5. The van der Waals surface area contributed by atoms with Crippen molar-refractivity contribution >= 4 is 51.3 Å². The maximum atomic E-state index is 12.5. The highest BCUT2D eigenvalue weighted by Crippen LogP contribution is 2.37. The number of carbonyl (C=O) groups is 1. The Labute approximate surface area is 174 Å². The molecule has 146 valence electrons. The van der Waals surface area contributed by atoms with Crippen LogP contribution in [0.1, 0.15) is 30.5 Å². The molecular formula is C22H21Cl2NO3. The lowest BCUT2D eigenvalue weighted by atomic mass is 9.98. The van der Waals surface area contributed by atoms with Crippen LogP contribution in [0.2, 0.25) is 10.0 Å². The number of anilines is 1. The van der Waals surface area contributed by atoms with E-state index >= 15 is 0 Å². The molecule has 0 radical (unpaired) electrons. The lowest BCUT2D eigenvalue weighted by Crippen LogP contribution is -2.09. The molecule has 0 aliphatic carbocycles. The Kier molecular flexibility index (Phi) is 6.01. The molecule has 6 heteroatoms. The number of hydrogen-bond acceptors (Lipinski definition) is 3. The van der Waals surface area contributed by atoms with Crippen molar-refractivity contribution in [2.75, 3.05) is 11.9 Å². The fourth-order valence-corrected chi connectivity index (χ4v) is 3.45. The maximum Gasteiger partial charge on any atom is 0.248 e. The number of aryl methyl sites for hydroxylation is 2. The van der Waals surface area contributed by atoms with E-state index in [1.165, 1.54) is 6.08 Å². The van der Waals surface area contributed by atoms with E-state index in [0.717, 1.165) is 33.2 Å². The van der Waals surface area contributed by atoms with E-state index in [2.05, 4.69) is 5.32 Å². The van der Waals surface area contributed by atoms with Crippen LogP contribution in [0.25, 0.3) is 16.5 Å². The lowest BCUT2D eigenvalue weighted by molar-refractivity contribution is -0.111. The third-order valence-electron chi connectivity index (χ3n) is 4.51. The van der Waals surface area contributed by atoms with Crippen LogP contribution in [-0.2, 0) is 4.79 Å². The standard InChI is InChI=1S/C22H21Cl2NO3/c1-5-27-21-14(4)22-16(13(3)11-28-22)10-15(21)12(2)9-19(26)25-18-8-6-7-17(23)20(18)24/h6-11H,5H2,1-4H3,(H,25,26)/b12-9+. The van der Waals surface area contributed by atoms with Crippen LogP contribution in [0.15, 0.2) is 41.0 Å². The Morgan fingerprint density at radius 2 is 2.04 bits per heavy atom. The van der Waals surface area contributed by atoms with Crippen molar-refractivity contribution in [3.63, 3.8) is 0 Å². The lowest BCUT2D eigenvalue weighted by Gasteiger charge is -2.15. The number of benzene rings is 2. The highest BCUT2D eigenvalue weighted by molar-refractivity contribution is 6.44. The quantitative estimate of drug-likeness (QED) is 0.464. The zero-order valence-corrected chi connectivity index (χ0v) is 17.7. The molecule has 0 aliphatic rings. The average molecular weight is 418 g/mol. The molecule has 0 saturated heterocycles. The van der Waals surface area contributed by atoms with E-state index in [-0.39, 0.29) is 5.91 Å². The van der Waals surface area contributed by atoms with Gasteiger partial charge in [-0.05, 0) is 57.0 Å². The molecule has 3 aromatic rings. The zero-order valence-electron chi connectivity index (χ0n) is 16.2. The summed E-state index contributed by atoms with van der Waals surface area (Å²) < 4.78 is 11.5. The van der Waals surface area contributed by atoms with E-state index in [9.17, 15) is 4.79 Å². The molecule has 0 spiro atoms. The van der Waals surface area contributed by atoms with Gasteiger partial charge in [-0.25, -0.2) is 0 Å². The van der Waals surface area contributed by atoms with Crippen LogP contribution in [0.3, 0.4) is 0 Å². The second-order valence-electron chi connectivity index (χ2n) is 6.52. The van der Waals surface area contributed by atoms with Crippen molar-refractivity contribution in [1.29, 1.82) is 0 Å². The van der Waals surface area contributed by atoms with Gasteiger partial charge in [0.05, 0.1) is 28.6 Å². The molecule has 3 rings (SSSR count). The minimum absolute atomic E-state index is 0.300. The van der Waals surface area contributed by atoms with Gasteiger partial charge >= 0.3 is 0 Å². The largest absolute Gasteiger partial charge is 0.493 e. The molecular weight excluding hydrogens is 397 g/mol. The minimum Gasteiger partial charge on any atom is -0.493 e. The van der Waals surface area contributed by atoms with E-state index in [4.69, 9.17) is 32.4 Å². The second-order valence-corrected chi connectivity index (χ2v) is 7.31. The Morgan fingerprint density at radius 3 is 2.75 bits per heavy atom. The first-order chi connectivity index (χ1) is 13.3. The van der Waals surface area contributed by atoms with Crippen LogP contribution in [0, 0.1) is 13.8 Å². The molecule has 1 heterocycles. The monoisotopic (exact) mass is 417 g/mol. The fraction of sp³-hybridized carbons (Fsp3) is 0.227. The van der Waals surface area contributed by atoms with Gasteiger partial charge in [0.1, 0.15) is 11.3 Å². The highest BCUT2D eigenvalue weighted by Gasteiger charge is 2.17. The van der Waals surface area contributed by atoms with Crippen molar-refractivity contribution in [3.05, 3.63) is 63.3 Å². The number of allylic oxidation sites excluding steroid dienone is 1. The molecule has 0 saturated carbocycles. The molecule has 0 unspecified atom stereocenters. The van der Waals surface area contributed by atoms with Gasteiger partial charge in [-0.2, -0.15) is 0 Å². The average Bonchev–Trinajstić information content (AvgIpc) is 3.02. The van der Waals surface area contributed by atoms with E-state index < -0.39 is 0 Å². The molecule has 1 amide bonds. The summed E-state index contributed by atoms with van der Waals surface area (Å²) in [5, 5.41) is 4.47. The second kappa shape index (κ2) is 8.29. The maximum absolute atomic E-state index is 12.5. The molecule has 1 aromatic heterocycles. The smallest absolute Gasteiger partial charge is 0.248 e. The topological polar surface area (TPSA) is 51.5 Å². The van der Waals surface area contributed by atoms with Crippen LogP contribution >= 0.6 is 23.2 Å². The summed E-state index contributed by atoms with van der Waals surface area (Å²) in [6, 6.07) is 7.09. The third kappa shape index (κ3) is 3.89. The predicted molar refractivity (Wildman–Crippen MR) is 116 cm³/mol. The first-order valence-corrected chi connectivity index (χ1v) is 9.67. The highest BCUT2D eigenvalue weighted by atomic mass is 35.5. The van der Waals surface area contributed by atoms with Crippen molar-refractivity contribution in [2.45, 2.75) is 27.7 Å². The number of furan rings is 1. The fourth-order valence-electron chi connectivity index (χ4n) is 3.10. The van der Waals surface area contributed by atoms with E-state index in [1.54, 1.807) is 24.5 Å². The summed E-state index contributed by atoms with van der Waals surface area (Å²) >= 11 is 12.2. The van der Waals surface area contributed by atoms with Crippen LogP contribution in [-0.4, -0.2) is 12.5 Å². The molecule has 0 bridgehead atoms. The number of hydrogen-bond donors (Lipinski definition) is 1. The third-order valence-corrected chi connectivity index (χ3v) is 5.33. The molecule has 4 nitrogen and oxygen atoms in total. The van der Waals surface area contributed by atoms with Gasteiger partial charge in [-0.15, -0.1) is 0 Å². The van der Waals surface area contributed by atoms with Crippen molar-refractivity contribution in [2.24, 2.45) is 0 Å². The Hall–Kier alpha value is -2.43. The van der Waals surface area contributed by atoms with Crippen LogP contribution < -0.4 is 10.1 Å². The van der Waals surface area contributed by atoms with Crippen molar-refractivity contribution in [1.82, 2.24) is 0 Å². The normalized spacial score (nSPS) is 11.7. The number of fused-ring (bicyclic) bond motifs is 1. The Balaban J connectivity index is 2.00. The van der Waals surface area contributed by atoms with Crippen molar-refractivity contribution < 1.29 is 13.9 Å². The SMILES string of the molecule is CCOc1c(/C(C)=C/C(=O)Nc2cccc(Cl)c2Cl)cc2c(C)coc2c1C. The molecule has 0 aliphatic heterocycles. The Bertz CT molecular complexity index is 1080. The summed E-state index contributed by atoms with van der Waals surface area (Å²) in [7, 11) is 0. The zero-order chi connectivity index (χ0) is 20.4. The number of halogens is 2. The number of amides is 1. The predicted octanol–water partition coefficient (Wildman–Crippen LogP) is 6.80. The molecule has 1 N–H and O–H groups in total. The van der Waals surface area contributed by atoms with Gasteiger partial charge in [-0.3, -0.25) is 4.79 Å². The van der Waals surface area contributed by atoms with Crippen LogP contribution in [0.4, 0.5) is 5.69 Å². The van der Waals surface area contributed by atoms with Gasteiger partial charge < -0.3 is 14.5 Å². The molecule has 0 fully saturated rings. The number of ether oxygens (including phenoxy) is 1. The van der Waals surface area contributed by atoms with Gasteiger partial charge in [0.15, 0.2) is 0 Å². The molecule has 28 heavy (non-hydrogen) atoms. The molecule has 0 atom stereocenters. The minimum atomic E-state index is -0.300. The van der Waals surface area contributed by atoms with E-state index in [0.29, 0.717) is 28.1 Å². The van der Waals surface area contributed by atoms with Crippen molar-refractivity contribution in [3.8, 4) is 5.75 Å². The summed E-state index contributed by atoms with van der Waals surface area (Å²) in [5.41, 5.74) is 4.82. The van der Waals surface area contributed by atoms with Gasteiger partial charge in [0.2, 0.25) is 5.91 Å². The summed E-state index contributed by atoms with van der Waals surface area (Å²) in [4.78, 5) is 12.5. The van der Waals surface area contributed by atoms with Crippen LogP contribution in [0.5, 0.6) is 5.75 Å². The summed E-state index contributed by atoms with van der Waals surface area (Å²) in [5.74, 6) is 0.414. The number of carbonyl (C=O) groups excluding carboxylic acids is 1. The summed E-state index contributed by atoms with van der Waals surface area (Å²) in [6.45, 7) is 8.25. The first-order valence-electron chi connectivity index (χ1n) is 8.91. The summed E-state index contributed by atoms with van der Waals surface area (Å²) in [6.07, 6.45) is 3.25. The van der Waals surface area contributed by atoms with Gasteiger partial charge in [-0.1, -0.05) is 29.3 Å². The van der Waals surface area contributed by atoms with E-state index in [1.807, 2.05) is 33.8 Å². The number of nitrogens with one attached hydrogen (secondary N) is 1. The first kappa shape index (κ1) is 20.3. The molecule has 2 aromatic carbocycles. The Morgan fingerprint density at radius 1 is 1.29 bits per heavy atom. The van der Waals surface area contributed by atoms with Gasteiger partial charge in [0, 0.05) is 22.6 Å². The van der Waals surface area contributed by atoms with Gasteiger partial charge in [0.25, 0.3) is 0 Å².